The van der Waals surface area contributed by atoms with Crippen molar-refractivity contribution in [2.45, 2.75) is 20.3 Å². The summed E-state index contributed by atoms with van der Waals surface area (Å²) in [6.45, 7) is 3.41. The summed E-state index contributed by atoms with van der Waals surface area (Å²) in [4.78, 5) is 9.91. The molecule has 13 heavy (non-hydrogen) atoms. The Morgan fingerprint density at radius 1 is 1.31 bits per heavy atom. The topological polar surface area (TPSA) is 95.4 Å². The van der Waals surface area contributed by atoms with Gasteiger partial charge in [0, 0.05) is 0 Å². The van der Waals surface area contributed by atoms with Gasteiger partial charge in [-0.2, -0.15) is 0 Å². The summed E-state index contributed by atoms with van der Waals surface area (Å²) >= 11 is 0. The second-order valence-corrected chi connectivity index (χ2v) is 1.58. The van der Waals surface area contributed by atoms with E-state index < -0.39 is 5.97 Å². The first kappa shape index (κ1) is 22.8. The van der Waals surface area contributed by atoms with Gasteiger partial charge >= 0.3 is 0 Å². The van der Waals surface area contributed by atoms with Crippen LogP contribution in [-0.2, 0) is 4.79 Å². The molecular formula is C8H21ClN2O2. The Balaban J connectivity index is -0.0000000712. The average molecular weight is 213 g/mol. The minimum Gasteiger partial charge on any atom is -1.00 e. The molecule has 0 aromatic heterocycles. The molecule has 0 rings (SSSR count). The van der Waals surface area contributed by atoms with Gasteiger partial charge in [0.1, 0.15) is 0 Å². The zero-order chi connectivity index (χ0) is 10.6. The molecule has 0 amide bonds. The van der Waals surface area contributed by atoms with Crippen molar-refractivity contribution < 1.29 is 33.8 Å². The van der Waals surface area contributed by atoms with Crippen molar-refractivity contribution >= 4 is 5.97 Å². The fraction of sp³-hybridized carbons (Fsp3) is 0.625. The van der Waals surface area contributed by atoms with E-state index in [4.69, 9.17) is 0 Å². The molecule has 5 heteroatoms. The molecule has 0 heterocycles. The molecule has 0 unspecified atom stereocenters. The molecule has 0 bridgehead atoms. The van der Waals surface area contributed by atoms with Gasteiger partial charge in [-0.1, -0.05) is 13.0 Å². The first-order chi connectivity index (χ1) is 5.68. The number of carbonyl (C=O) groups is 1. The summed E-state index contributed by atoms with van der Waals surface area (Å²) in [6.07, 6.45) is 2.37. The summed E-state index contributed by atoms with van der Waals surface area (Å²) in [7, 11) is 3.50. The van der Waals surface area contributed by atoms with Crippen LogP contribution in [0.15, 0.2) is 11.6 Å². The quantitative estimate of drug-likeness (QED) is 0.448. The summed E-state index contributed by atoms with van der Waals surface area (Å²) in [5.74, 6) is -1.08. The Morgan fingerprint density at radius 2 is 1.62 bits per heavy atom. The molecular weight excluding hydrogens is 192 g/mol. The molecule has 0 saturated carbocycles. The molecule has 0 saturated heterocycles. The number of hydrogen-bond donors (Lipinski definition) is 2. The van der Waals surface area contributed by atoms with Crippen LogP contribution < -0.4 is 29.0 Å². The molecule has 0 aromatic carbocycles. The number of quaternary nitrogens is 2. The van der Waals surface area contributed by atoms with Crippen molar-refractivity contribution in [3.8, 4) is 0 Å². The molecule has 0 aromatic rings. The molecule has 6 N–H and O–H groups in total. The maximum Gasteiger partial charge on any atom is 0.0668 e. The molecule has 0 atom stereocenters. The van der Waals surface area contributed by atoms with E-state index >= 15 is 0 Å². The highest BCUT2D eigenvalue weighted by molar-refractivity contribution is 5.83. The lowest BCUT2D eigenvalue weighted by Crippen LogP contribution is -3.00. The molecule has 0 spiro atoms. The van der Waals surface area contributed by atoms with Crippen molar-refractivity contribution in [3.63, 3.8) is 0 Å². The fourth-order valence-electron chi connectivity index (χ4n) is 0.390. The van der Waals surface area contributed by atoms with Crippen LogP contribution >= 0.6 is 0 Å². The SMILES string of the molecule is CCC=C(C)C(=O)[O-].C[NH3+].C[NH3+].[Cl-]. The Hall–Kier alpha value is -0.580. The van der Waals surface area contributed by atoms with E-state index in [-0.39, 0.29) is 12.4 Å². The minimum absolute atomic E-state index is 0. The number of carboxylic acid groups (broad SMARTS) is 1. The Bertz CT molecular complexity index is 127. The third kappa shape index (κ3) is 24.6. The lowest BCUT2D eigenvalue weighted by atomic mass is 10.2. The molecule has 0 fully saturated rings. The molecule has 0 aliphatic rings. The standard InChI is InChI=1S/C6H10O2.2CH5N.ClH/c1-3-4-5(2)6(7)8;2*1-2;/h4H,3H2,1-2H3,(H,7,8);2*2H2,1H3;1H. The summed E-state index contributed by atoms with van der Waals surface area (Å²) in [6, 6.07) is 0. The Labute approximate surface area is 86.4 Å². The molecule has 0 aliphatic carbocycles. The van der Waals surface area contributed by atoms with E-state index in [1.54, 1.807) is 20.2 Å². The maximum atomic E-state index is 9.91. The van der Waals surface area contributed by atoms with Crippen LogP contribution in [-0.4, -0.2) is 20.1 Å². The lowest BCUT2D eigenvalue weighted by Gasteiger charge is -1.97. The number of aliphatic carboxylic acids is 1. The van der Waals surface area contributed by atoms with Gasteiger partial charge in [0.05, 0.1) is 20.1 Å². The summed E-state index contributed by atoms with van der Waals surface area (Å²) < 4.78 is 0. The van der Waals surface area contributed by atoms with Gasteiger partial charge in [-0.15, -0.1) is 0 Å². The van der Waals surface area contributed by atoms with Gasteiger partial charge in [0.25, 0.3) is 0 Å². The first-order valence-corrected chi connectivity index (χ1v) is 3.98. The second kappa shape index (κ2) is 22.5. The van der Waals surface area contributed by atoms with Crippen molar-refractivity contribution in [2.75, 3.05) is 14.1 Å². The molecule has 82 valence electrons. The minimum atomic E-state index is -1.08. The van der Waals surface area contributed by atoms with E-state index in [1.807, 2.05) is 6.92 Å². The van der Waals surface area contributed by atoms with Crippen LogP contribution in [0.4, 0.5) is 0 Å². The zero-order valence-electron chi connectivity index (χ0n) is 8.89. The monoisotopic (exact) mass is 212 g/mol. The smallest absolute Gasteiger partial charge is 0.0668 e. The Kier molecular flexibility index (Phi) is 39.6. The van der Waals surface area contributed by atoms with Gasteiger partial charge < -0.3 is 33.8 Å². The third-order valence-corrected chi connectivity index (χ3v) is 0.832. The third-order valence-electron chi connectivity index (χ3n) is 0.832. The van der Waals surface area contributed by atoms with Crippen LogP contribution in [0.3, 0.4) is 0 Å². The van der Waals surface area contributed by atoms with Crippen LogP contribution in [0.1, 0.15) is 20.3 Å². The van der Waals surface area contributed by atoms with Gasteiger partial charge in [-0.25, -0.2) is 0 Å². The number of halogens is 1. The van der Waals surface area contributed by atoms with Gasteiger partial charge in [0.2, 0.25) is 0 Å². The number of allylic oxidation sites excluding steroid dienone is 1. The molecule has 0 radical (unpaired) electrons. The van der Waals surface area contributed by atoms with E-state index in [2.05, 4.69) is 11.5 Å². The number of carbonyl (C=O) groups excluding carboxylic acids is 1. The predicted octanol–water partition coefficient (Wildman–Crippen LogP) is -5.19. The van der Waals surface area contributed by atoms with E-state index in [0.717, 1.165) is 6.42 Å². The number of hydrogen-bond acceptors (Lipinski definition) is 2. The largest absolute Gasteiger partial charge is 1.00 e. The van der Waals surface area contributed by atoms with Crippen LogP contribution in [0.5, 0.6) is 0 Å². The predicted molar refractivity (Wildman–Crippen MR) is 46.7 cm³/mol. The van der Waals surface area contributed by atoms with Crippen LogP contribution in [0, 0.1) is 0 Å². The normalized spacial score (nSPS) is 8.00. The fourth-order valence-corrected chi connectivity index (χ4v) is 0.390. The molecule has 4 nitrogen and oxygen atoms in total. The van der Waals surface area contributed by atoms with Gasteiger partial charge in [-0.3, -0.25) is 0 Å². The maximum absolute atomic E-state index is 9.91. The lowest BCUT2D eigenvalue weighted by molar-refractivity contribution is -0.325. The number of rotatable bonds is 2. The van der Waals surface area contributed by atoms with E-state index in [1.165, 1.54) is 6.92 Å². The highest BCUT2D eigenvalue weighted by Gasteiger charge is 1.83. The van der Waals surface area contributed by atoms with Gasteiger partial charge in [-0.05, 0) is 18.9 Å². The summed E-state index contributed by atoms with van der Waals surface area (Å²) in [5, 5.41) is 9.91. The summed E-state index contributed by atoms with van der Waals surface area (Å²) in [5.41, 5.74) is 6.81. The van der Waals surface area contributed by atoms with Crippen molar-refractivity contribution in [1.29, 1.82) is 0 Å². The highest BCUT2D eigenvalue weighted by Crippen LogP contribution is 1.90. The zero-order valence-corrected chi connectivity index (χ0v) is 9.65. The molecule has 0 aliphatic heterocycles. The number of carboxylic acids is 1. The van der Waals surface area contributed by atoms with Crippen molar-refractivity contribution in [1.82, 2.24) is 0 Å². The van der Waals surface area contributed by atoms with Crippen molar-refractivity contribution in [3.05, 3.63) is 11.6 Å². The Morgan fingerprint density at radius 3 is 1.69 bits per heavy atom. The van der Waals surface area contributed by atoms with Crippen molar-refractivity contribution in [2.24, 2.45) is 0 Å². The average Bonchev–Trinajstić information content (AvgIpc) is 2.12. The van der Waals surface area contributed by atoms with E-state index in [9.17, 15) is 9.90 Å². The van der Waals surface area contributed by atoms with Crippen LogP contribution in [0.25, 0.3) is 0 Å². The first-order valence-electron chi connectivity index (χ1n) is 3.98. The van der Waals surface area contributed by atoms with Crippen LogP contribution in [0.2, 0.25) is 0 Å². The van der Waals surface area contributed by atoms with Gasteiger partial charge in [0.15, 0.2) is 0 Å². The second-order valence-electron chi connectivity index (χ2n) is 1.58. The highest BCUT2D eigenvalue weighted by atomic mass is 35.5. The van der Waals surface area contributed by atoms with E-state index in [0.29, 0.717) is 5.57 Å².